The molecule has 1 aliphatic heterocycles. The highest BCUT2D eigenvalue weighted by atomic mass is 19.1. The Kier molecular flexibility index (Phi) is 5.92. The molecule has 7 heteroatoms. The topological polar surface area (TPSA) is 67.2 Å². The van der Waals surface area contributed by atoms with Gasteiger partial charge in [0.05, 0.1) is 11.9 Å². The third kappa shape index (κ3) is 5.43. The van der Waals surface area contributed by atoms with Crippen molar-refractivity contribution in [3.8, 4) is 0 Å². The molecule has 2 fully saturated rings. The van der Waals surface area contributed by atoms with Crippen molar-refractivity contribution in [3.05, 3.63) is 58.3 Å². The molecule has 2 aliphatic rings. The third-order valence-corrected chi connectivity index (χ3v) is 5.74. The van der Waals surface area contributed by atoms with Crippen LogP contribution in [0.4, 0.5) is 10.1 Å². The van der Waals surface area contributed by atoms with E-state index in [0.717, 1.165) is 43.7 Å². The Morgan fingerprint density at radius 1 is 1.17 bits per heavy atom. The second-order valence-corrected chi connectivity index (χ2v) is 8.24. The lowest BCUT2D eigenvalue weighted by atomic mass is 9.94. The second-order valence-electron chi connectivity index (χ2n) is 8.24. The van der Waals surface area contributed by atoms with Crippen LogP contribution in [-0.4, -0.2) is 28.8 Å². The van der Waals surface area contributed by atoms with Crippen molar-refractivity contribution in [3.63, 3.8) is 0 Å². The van der Waals surface area contributed by atoms with Gasteiger partial charge in [-0.2, -0.15) is 5.10 Å². The van der Waals surface area contributed by atoms with E-state index >= 15 is 0 Å². The van der Waals surface area contributed by atoms with Crippen molar-refractivity contribution in [1.29, 1.82) is 0 Å². The predicted octanol–water partition coefficient (Wildman–Crippen LogP) is 2.72. The van der Waals surface area contributed by atoms with Crippen LogP contribution in [0.1, 0.15) is 37.7 Å². The molecule has 0 radical (unpaired) electrons. The maximum atomic E-state index is 13.0. The Balaban J connectivity index is 1.29. The zero-order valence-corrected chi connectivity index (χ0v) is 16.5. The lowest BCUT2D eigenvalue weighted by Crippen LogP contribution is -2.38. The monoisotopic (exact) mass is 398 g/mol. The van der Waals surface area contributed by atoms with Gasteiger partial charge in [0.25, 0.3) is 5.56 Å². The summed E-state index contributed by atoms with van der Waals surface area (Å²) in [4.78, 5) is 26.8. The summed E-state index contributed by atoms with van der Waals surface area (Å²) < 4.78 is 14.5. The van der Waals surface area contributed by atoms with Crippen LogP contribution in [-0.2, 0) is 17.9 Å². The van der Waals surface area contributed by atoms with E-state index in [-0.39, 0.29) is 23.2 Å². The van der Waals surface area contributed by atoms with Crippen LogP contribution < -0.4 is 15.8 Å². The van der Waals surface area contributed by atoms with Gasteiger partial charge in [-0.3, -0.25) is 9.59 Å². The summed E-state index contributed by atoms with van der Waals surface area (Å²) in [6.07, 6.45) is 6.58. The molecule has 1 aromatic heterocycles. The molecule has 2 heterocycles. The van der Waals surface area contributed by atoms with Crippen LogP contribution in [0.3, 0.4) is 0 Å². The molecular formula is C22H27FN4O2. The summed E-state index contributed by atoms with van der Waals surface area (Å²) in [7, 11) is 0. The molecule has 1 saturated carbocycles. The van der Waals surface area contributed by atoms with E-state index in [1.165, 1.54) is 25.0 Å². The lowest BCUT2D eigenvalue weighted by Gasteiger charge is -2.34. The maximum absolute atomic E-state index is 13.0. The molecule has 0 bridgehead atoms. The number of amides is 1. The minimum absolute atomic E-state index is 0.000786. The van der Waals surface area contributed by atoms with Gasteiger partial charge < -0.3 is 10.2 Å². The summed E-state index contributed by atoms with van der Waals surface area (Å²) in [5, 5.41) is 7.26. The minimum atomic E-state index is -0.280. The first-order valence-electron chi connectivity index (χ1n) is 10.4. The Morgan fingerprint density at radius 3 is 2.69 bits per heavy atom. The average Bonchev–Trinajstić information content (AvgIpc) is 3.53. The van der Waals surface area contributed by atoms with E-state index in [0.29, 0.717) is 18.9 Å². The Hall–Kier alpha value is -2.70. The fourth-order valence-electron chi connectivity index (χ4n) is 3.88. The van der Waals surface area contributed by atoms with E-state index in [2.05, 4.69) is 15.3 Å². The second kappa shape index (κ2) is 8.76. The number of carbonyl (C=O) groups excluding carboxylic acids is 1. The average molecular weight is 398 g/mol. The standard InChI is InChI=1S/C22H27FN4O2/c23-19-7-5-16(6-8-19)12-24-21(28)10-18-2-1-9-26(14-18)20-11-22(29)27(25-13-20)15-17-3-4-17/h5-8,11,13,17-18H,1-4,9-10,12,14-15H2,(H,24,28). The predicted molar refractivity (Wildman–Crippen MR) is 109 cm³/mol. The number of aromatic nitrogens is 2. The van der Waals surface area contributed by atoms with Crippen molar-refractivity contribution >= 4 is 11.6 Å². The van der Waals surface area contributed by atoms with E-state index in [4.69, 9.17) is 0 Å². The van der Waals surface area contributed by atoms with Gasteiger partial charge in [-0.1, -0.05) is 12.1 Å². The number of rotatable bonds is 7. The molecule has 1 N–H and O–H groups in total. The van der Waals surface area contributed by atoms with Crippen LogP contribution in [0.15, 0.2) is 41.3 Å². The van der Waals surface area contributed by atoms with Gasteiger partial charge in [0.2, 0.25) is 5.91 Å². The number of carbonyl (C=O) groups is 1. The van der Waals surface area contributed by atoms with E-state index < -0.39 is 0 Å². The smallest absolute Gasteiger partial charge is 0.268 e. The summed E-state index contributed by atoms with van der Waals surface area (Å²) in [5.41, 5.74) is 1.68. The SMILES string of the molecule is O=C(CC1CCCN(c2cnn(CC3CC3)c(=O)c2)C1)NCc1ccc(F)cc1. The first kappa shape index (κ1) is 19.6. The highest BCUT2D eigenvalue weighted by molar-refractivity contribution is 5.76. The van der Waals surface area contributed by atoms with Crippen LogP contribution in [0.25, 0.3) is 0 Å². The minimum Gasteiger partial charge on any atom is -0.370 e. The number of nitrogens with zero attached hydrogens (tertiary/aromatic N) is 3. The van der Waals surface area contributed by atoms with E-state index in [1.807, 2.05) is 0 Å². The number of halogens is 1. The highest BCUT2D eigenvalue weighted by Crippen LogP contribution is 2.30. The Labute approximate surface area is 169 Å². The number of hydrogen-bond donors (Lipinski definition) is 1. The molecule has 2 aromatic rings. The summed E-state index contributed by atoms with van der Waals surface area (Å²) >= 11 is 0. The fourth-order valence-corrected chi connectivity index (χ4v) is 3.88. The molecule has 4 rings (SSSR count). The van der Waals surface area contributed by atoms with Crippen molar-refractivity contribution in [1.82, 2.24) is 15.1 Å². The number of hydrogen-bond acceptors (Lipinski definition) is 4. The molecule has 1 amide bonds. The summed E-state index contributed by atoms with van der Waals surface area (Å²) in [5.74, 6) is 0.570. The molecule has 1 atom stereocenters. The quantitative estimate of drug-likeness (QED) is 0.779. The molecule has 29 heavy (non-hydrogen) atoms. The molecule has 1 saturated heterocycles. The van der Waals surface area contributed by atoms with Gasteiger partial charge in [-0.25, -0.2) is 9.07 Å². The normalized spacial score (nSPS) is 19.2. The van der Waals surface area contributed by atoms with Crippen molar-refractivity contribution in [2.75, 3.05) is 18.0 Å². The van der Waals surface area contributed by atoms with Gasteiger partial charge in [0.15, 0.2) is 0 Å². The first-order valence-corrected chi connectivity index (χ1v) is 10.4. The van der Waals surface area contributed by atoms with Crippen LogP contribution in [0.5, 0.6) is 0 Å². The molecular weight excluding hydrogens is 371 g/mol. The van der Waals surface area contributed by atoms with Crippen LogP contribution >= 0.6 is 0 Å². The molecule has 1 aliphatic carbocycles. The molecule has 1 aromatic carbocycles. The number of benzene rings is 1. The number of anilines is 1. The van der Waals surface area contributed by atoms with Gasteiger partial charge in [0, 0.05) is 38.7 Å². The zero-order chi connectivity index (χ0) is 20.2. The third-order valence-electron chi connectivity index (χ3n) is 5.74. The van der Waals surface area contributed by atoms with Gasteiger partial charge >= 0.3 is 0 Å². The first-order chi connectivity index (χ1) is 14.1. The summed E-state index contributed by atoms with van der Waals surface area (Å²) in [6, 6.07) is 7.82. The molecule has 0 spiro atoms. The number of nitrogens with one attached hydrogen (secondary N) is 1. The Bertz CT molecular complexity index is 908. The van der Waals surface area contributed by atoms with E-state index in [9.17, 15) is 14.0 Å². The largest absolute Gasteiger partial charge is 0.370 e. The zero-order valence-electron chi connectivity index (χ0n) is 16.5. The van der Waals surface area contributed by atoms with Crippen molar-refractivity contribution in [2.24, 2.45) is 11.8 Å². The maximum Gasteiger partial charge on any atom is 0.268 e. The molecule has 1 unspecified atom stereocenters. The highest BCUT2D eigenvalue weighted by Gasteiger charge is 2.25. The van der Waals surface area contributed by atoms with Crippen molar-refractivity contribution in [2.45, 2.75) is 45.2 Å². The lowest BCUT2D eigenvalue weighted by molar-refractivity contribution is -0.122. The van der Waals surface area contributed by atoms with Crippen LogP contribution in [0, 0.1) is 17.7 Å². The van der Waals surface area contributed by atoms with Crippen molar-refractivity contribution < 1.29 is 9.18 Å². The molecule has 154 valence electrons. The van der Waals surface area contributed by atoms with Gasteiger partial charge in [-0.05, 0) is 55.2 Å². The molecule has 6 nitrogen and oxygen atoms in total. The van der Waals surface area contributed by atoms with Crippen LogP contribution in [0.2, 0.25) is 0 Å². The Morgan fingerprint density at radius 2 is 1.97 bits per heavy atom. The fraction of sp³-hybridized carbons (Fsp3) is 0.500. The van der Waals surface area contributed by atoms with Gasteiger partial charge in [-0.15, -0.1) is 0 Å². The van der Waals surface area contributed by atoms with E-state index in [1.54, 1.807) is 29.1 Å². The number of piperidine rings is 1. The van der Waals surface area contributed by atoms with Gasteiger partial charge in [0.1, 0.15) is 5.82 Å². The summed E-state index contributed by atoms with van der Waals surface area (Å²) in [6.45, 7) is 2.74.